The van der Waals surface area contributed by atoms with Gasteiger partial charge in [0.15, 0.2) is 5.65 Å². The molecule has 1 aromatic carbocycles. The number of hydrogen-bond donors (Lipinski definition) is 3. The number of carboxylic acid groups (broad SMARTS) is 1. The summed E-state index contributed by atoms with van der Waals surface area (Å²) in [6, 6.07) is 9.96. The van der Waals surface area contributed by atoms with Crippen LogP contribution in [0.4, 0.5) is 5.82 Å². The second kappa shape index (κ2) is 6.84. The van der Waals surface area contributed by atoms with Gasteiger partial charge in [-0.2, -0.15) is 0 Å². The van der Waals surface area contributed by atoms with Crippen molar-refractivity contribution >= 4 is 39.0 Å². The second-order valence-corrected chi connectivity index (χ2v) is 7.86. The summed E-state index contributed by atoms with van der Waals surface area (Å²) in [6.07, 6.45) is 4.06. The fraction of sp³-hybridized carbons (Fsp3) is 0.263. The monoisotopic (exact) mass is 394 g/mol. The van der Waals surface area contributed by atoms with Crippen LogP contribution in [-0.2, 0) is 0 Å². The van der Waals surface area contributed by atoms with Gasteiger partial charge in [0.2, 0.25) is 5.01 Å². The lowest BCUT2D eigenvalue weighted by molar-refractivity contribution is 0.0696. The highest BCUT2D eigenvalue weighted by atomic mass is 32.1. The first kappa shape index (κ1) is 17.1. The predicted molar refractivity (Wildman–Crippen MR) is 108 cm³/mol. The summed E-state index contributed by atoms with van der Waals surface area (Å²) in [6.45, 7) is 2.00. The Hall–Kier alpha value is -3.04. The maximum atomic E-state index is 11.2. The topological polar surface area (TPSA) is 104 Å². The zero-order valence-electron chi connectivity index (χ0n) is 14.9. The molecule has 1 saturated heterocycles. The molecule has 3 aromatic heterocycles. The van der Waals surface area contributed by atoms with Crippen molar-refractivity contribution in [3.05, 3.63) is 41.5 Å². The van der Waals surface area contributed by atoms with Gasteiger partial charge in [-0.05, 0) is 43.7 Å². The number of carbonyl (C=O) groups is 1. The molecule has 1 fully saturated rings. The van der Waals surface area contributed by atoms with Crippen LogP contribution in [-0.4, -0.2) is 49.8 Å². The van der Waals surface area contributed by atoms with Gasteiger partial charge in [-0.25, -0.2) is 19.3 Å². The lowest BCUT2D eigenvalue weighted by Gasteiger charge is -2.24. The zero-order chi connectivity index (χ0) is 19.1. The Morgan fingerprint density at radius 3 is 3.07 bits per heavy atom. The lowest BCUT2D eigenvalue weighted by atomic mass is 10.1. The molecule has 1 aliphatic rings. The molecule has 1 aliphatic heterocycles. The van der Waals surface area contributed by atoms with Crippen LogP contribution >= 0.6 is 11.3 Å². The average molecular weight is 394 g/mol. The van der Waals surface area contributed by atoms with Crippen molar-refractivity contribution < 1.29 is 9.90 Å². The first-order valence-corrected chi connectivity index (χ1v) is 9.95. The molecular formula is C19H18N6O2S. The Morgan fingerprint density at radius 1 is 1.32 bits per heavy atom. The Labute approximate surface area is 164 Å². The fourth-order valence-electron chi connectivity index (χ4n) is 3.51. The molecule has 5 rings (SSSR count). The Bertz CT molecular complexity index is 1180. The molecule has 1 unspecified atom stereocenters. The number of anilines is 1. The Balaban J connectivity index is 1.52. The molecule has 142 valence electrons. The average Bonchev–Trinajstić information content (AvgIpc) is 3.32. The third-order valence-corrected chi connectivity index (χ3v) is 5.88. The summed E-state index contributed by atoms with van der Waals surface area (Å²) in [4.78, 5) is 19.8. The predicted octanol–water partition coefficient (Wildman–Crippen LogP) is 2.87. The van der Waals surface area contributed by atoms with E-state index in [4.69, 9.17) is 10.2 Å². The molecule has 4 heterocycles. The molecule has 9 heteroatoms. The smallest absolute Gasteiger partial charge is 0.365 e. The zero-order valence-corrected chi connectivity index (χ0v) is 15.7. The largest absolute Gasteiger partial charge is 0.476 e. The van der Waals surface area contributed by atoms with Gasteiger partial charge in [0, 0.05) is 18.2 Å². The number of carboxylic acids is 1. The molecule has 4 aromatic rings. The first-order valence-electron chi connectivity index (χ1n) is 9.14. The van der Waals surface area contributed by atoms with Crippen LogP contribution in [0.2, 0.25) is 0 Å². The van der Waals surface area contributed by atoms with Crippen molar-refractivity contribution in [2.75, 3.05) is 18.4 Å². The molecule has 0 aliphatic carbocycles. The summed E-state index contributed by atoms with van der Waals surface area (Å²) >= 11 is 1.17. The Morgan fingerprint density at radius 2 is 2.25 bits per heavy atom. The van der Waals surface area contributed by atoms with Crippen LogP contribution in [0.3, 0.4) is 0 Å². The van der Waals surface area contributed by atoms with E-state index in [1.807, 2.05) is 34.8 Å². The first-order chi connectivity index (χ1) is 13.7. The number of hydrogen-bond acceptors (Lipinski definition) is 7. The molecule has 0 bridgehead atoms. The van der Waals surface area contributed by atoms with Gasteiger partial charge in [-0.3, -0.25) is 0 Å². The van der Waals surface area contributed by atoms with Gasteiger partial charge >= 0.3 is 5.97 Å². The molecule has 1 atom stereocenters. The van der Waals surface area contributed by atoms with Gasteiger partial charge in [0.1, 0.15) is 5.82 Å². The lowest BCUT2D eigenvalue weighted by Crippen LogP contribution is -2.38. The summed E-state index contributed by atoms with van der Waals surface area (Å²) in [5.41, 5.74) is 3.22. The quantitative estimate of drug-likeness (QED) is 0.489. The molecule has 28 heavy (non-hydrogen) atoms. The number of piperidine rings is 1. The van der Waals surface area contributed by atoms with E-state index in [2.05, 4.69) is 20.6 Å². The highest BCUT2D eigenvalue weighted by molar-refractivity contribution is 7.20. The summed E-state index contributed by atoms with van der Waals surface area (Å²) in [5, 5.41) is 20.9. The number of imidazole rings is 1. The van der Waals surface area contributed by atoms with E-state index in [9.17, 15) is 4.79 Å². The van der Waals surface area contributed by atoms with E-state index in [-0.39, 0.29) is 5.01 Å². The van der Waals surface area contributed by atoms with Crippen molar-refractivity contribution in [1.29, 1.82) is 0 Å². The highest BCUT2D eigenvalue weighted by Crippen LogP contribution is 2.29. The van der Waals surface area contributed by atoms with E-state index in [1.54, 1.807) is 6.20 Å². The minimum absolute atomic E-state index is 0.0935. The number of thiazole rings is 1. The molecule has 3 N–H and O–H groups in total. The van der Waals surface area contributed by atoms with Crippen LogP contribution in [0.1, 0.15) is 22.6 Å². The second-order valence-electron chi connectivity index (χ2n) is 6.83. The van der Waals surface area contributed by atoms with E-state index in [0.29, 0.717) is 11.6 Å². The van der Waals surface area contributed by atoms with Gasteiger partial charge in [0.25, 0.3) is 0 Å². The summed E-state index contributed by atoms with van der Waals surface area (Å²) in [5.74, 6) is -0.195. The van der Waals surface area contributed by atoms with Crippen molar-refractivity contribution in [2.45, 2.75) is 18.9 Å². The normalized spacial score (nSPS) is 17.2. The van der Waals surface area contributed by atoms with Gasteiger partial charge in [-0.15, -0.1) is 16.4 Å². The molecule has 0 saturated carbocycles. The van der Waals surface area contributed by atoms with E-state index >= 15 is 0 Å². The maximum Gasteiger partial charge on any atom is 0.365 e. The minimum atomic E-state index is -1.01. The van der Waals surface area contributed by atoms with Crippen LogP contribution in [0.5, 0.6) is 0 Å². The van der Waals surface area contributed by atoms with E-state index in [1.165, 1.54) is 11.3 Å². The number of aromatic carboxylic acids is 1. The van der Waals surface area contributed by atoms with Gasteiger partial charge in [0.05, 0.1) is 22.1 Å². The minimum Gasteiger partial charge on any atom is -0.476 e. The number of rotatable bonds is 4. The van der Waals surface area contributed by atoms with Crippen molar-refractivity contribution in [3.8, 4) is 11.3 Å². The number of benzene rings is 1. The third-order valence-electron chi connectivity index (χ3n) is 4.88. The standard InChI is InChI=1S/C19H18N6O2S/c26-19(27)18-23-13-4-3-11(8-15(13)28-18)14-10-21-17-6-5-16(24-25(14)17)22-12-2-1-7-20-9-12/h3-6,8,10,12,20H,1-2,7,9H2,(H,22,24)(H,26,27). The van der Waals surface area contributed by atoms with E-state index < -0.39 is 5.97 Å². The van der Waals surface area contributed by atoms with Gasteiger partial charge in [-0.1, -0.05) is 6.07 Å². The summed E-state index contributed by atoms with van der Waals surface area (Å²) in [7, 11) is 0. The molecular weight excluding hydrogens is 376 g/mol. The van der Waals surface area contributed by atoms with Gasteiger partial charge < -0.3 is 15.7 Å². The van der Waals surface area contributed by atoms with Crippen molar-refractivity contribution in [1.82, 2.24) is 24.9 Å². The molecule has 8 nitrogen and oxygen atoms in total. The molecule has 0 radical (unpaired) electrons. The number of nitrogens with zero attached hydrogens (tertiary/aromatic N) is 4. The van der Waals surface area contributed by atoms with Crippen molar-refractivity contribution in [3.63, 3.8) is 0 Å². The van der Waals surface area contributed by atoms with Crippen LogP contribution in [0, 0.1) is 0 Å². The van der Waals surface area contributed by atoms with Crippen LogP contribution < -0.4 is 10.6 Å². The number of aromatic nitrogens is 4. The van der Waals surface area contributed by atoms with Crippen LogP contribution in [0.25, 0.3) is 27.1 Å². The van der Waals surface area contributed by atoms with Crippen molar-refractivity contribution in [2.24, 2.45) is 0 Å². The SMILES string of the molecule is O=C(O)c1nc2ccc(-c3cnc4ccc(NC5CCCNC5)nn34)cc2s1. The maximum absolute atomic E-state index is 11.2. The molecule has 0 spiro atoms. The summed E-state index contributed by atoms with van der Waals surface area (Å²) < 4.78 is 2.64. The van der Waals surface area contributed by atoms with Crippen LogP contribution in [0.15, 0.2) is 36.5 Å². The molecule has 0 amide bonds. The number of nitrogens with one attached hydrogen (secondary N) is 2. The third kappa shape index (κ3) is 3.08. The Kier molecular flexibility index (Phi) is 4.18. The number of fused-ring (bicyclic) bond motifs is 2. The highest BCUT2D eigenvalue weighted by Gasteiger charge is 2.15. The van der Waals surface area contributed by atoms with E-state index in [0.717, 1.165) is 53.4 Å². The fourth-order valence-corrected chi connectivity index (χ4v) is 4.35.